The lowest BCUT2D eigenvalue weighted by Gasteiger charge is -2.37. The summed E-state index contributed by atoms with van der Waals surface area (Å²) in [5.74, 6) is 1.90. The minimum absolute atomic E-state index is 0. The Labute approximate surface area is 190 Å². The molecule has 1 N–H and O–H groups in total. The molecular formula is C21H33IN4O3. The number of ether oxygens (including phenoxy) is 2. The summed E-state index contributed by atoms with van der Waals surface area (Å²) in [5.41, 5.74) is 1.13. The molecule has 2 heterocycles. The van der Waals surface area contributed by atoms with Gasteiger partial charge in [-0.2, -0.15) is 0 Å². The number of aryl methyl sites for hydroxylation is 1. The molecule has 0 aromatic heterocycles. The molecule has 2 unspecified atom stereocenters. The third-order valence-corrected chi connectivity index (χ3v) is 5.28. The molecule has 8 heteroatoms. The van der Waals surface area contributed by atoms with Crippen molar-refractivity contribution in [2.24, 2.45) is 4.99 Å². The summed E-state index contributed by atoms with van der Waals surface area (Å²) in [6, 6.07) is 8.03. The van der Waals surface area contributed by atoms with Crippen molar-refractivity contribution in [2.45, 2.75) is 38.9 Å². The summed E-state index contributed by atoms with van der Waals surface area (Å²) in [6.45, 7) is 8.40. The van der Waals surface area contributed by atoms with Crippen molar-refractivity contribution < 1.29 is 14.3 Å². The van der Waals surface area contributed by atoms with E-state index in [0.717, 1.165) is 43.2 Å². The maximum Gasteiger partial charge on any atom is 0.251 e. The number of nitrogens with one attached hydrogen (secondary N) is 1. The zero-order valence-corrected chi connectivity index (χ0v) is 19.9. The van der Waals surface area contributed by atoms with Gasteiger partial charge in [-0.05, 0) is 38.3 Å². The molecule has 1 aromatic carbocycles. The van der Waals surface area contributed by atoms with E-state index in [9.17, 15) is 4.79 Å². The fourth-order valence-electron chi connectivity index (χ4n) is 3.63. The first kappa shape index (κ1) is 23.7. The maximum atomic E-state index is 12.5. The van der Waals surface area contributed by atoms with Crippen LogP contribution in [0.15, 0.2) is 29.3 Å². The van der Waals surface area contributed by atoms with Gasteiger partial charge >= 0.3 is 0 Å². The highest BCUT2D eigenvalue weighted by atomic mass is 127. The molecule has 162 valence electrons. The summed E-state index contributed by atoms with van der Waals surface area (Å²) in [6.07, 6.45) is 1.61. The predicted octanol–water partition coefficient (Wildman–Crippen LogP) is 2.28. The Bertz CT molecular complexity index is 686. The van der Waals surface area contributed by atoms with E-state index in [1.54, 1.807) is 7.05 Å². The molecule has 0 radical (unpaired) electrons. The lowest BCUT2D eigenvalue weighted by Crippen LogP contribution is -2.55. The van der Waals surface area contributed by atoms with Crippen molar-refractivity contribution in [3.63, 3.8) is 0 Å². The summed E-state index contributed by atoms with van der Waals surface area (Å²) in [5, 5.41) is 3.40. The Hall–Kier alpha value is -1.55. The first-order chi connectivity index (χ1) is 13.6. The maximum absolute atomic E-state index is 12.5. The molecule has 29 heavy (non-hydrogen) atoms. The van der Waals surface area contributed by atoms with Crippen LogP contribution in [-0.4, -0.2) is 80.3 Å². The van der Waals surface area contributed by atoms with E-state index in [2.05, 4.69) is 15.2 Å². The molecule has 2 saturated heterocycles. The zero-order valence-electron chi connectivity index (χ0n) is 17.6. The number of rotatable bonds is 5. The van der Waals surface area contributed by atoms with E-state index in [0.29, 0.717) is 26.2 Å². The van der Waals surface area contributed by atoms with Crippen LogP contribution >= 0.6 is 24.0 Å². The van der Waals surface area contributed by atoms with Crippen LogP contribution in [0.4, 0.5) is 0 Å². The average molecular weight is 516 g/mol. The van der Waals surface area contributed by atoms with Crippen LogP contribution in [0.5, 0.6) is 5.75 Å². The summed E-state index contributed by atoms with van der Waals surface area (Å²) < 4.78 is 11.6. The van der Waals surface area contributed by atoms with E-state index in [1.807, 2.05) is 43.0 Å². The second-order valence-electron chi connectivity index (χ2n) is 7.44. The predicted molar refractivity (Wildman–Crippen MR) is 125 cm³/mol. The number of guanidine groups is 1. The molecular weight excluding hydrogens is 483 g/mol. The molecule has 0 saturated carbocycles. The van der Waals surface area contributed by atoms with Crippen molar-refractivity contribution >= 4 is 35.8 Å². The van der Waals surface area contributed by atoms with Gasteiger partial charge in [-0.15, -0.1) is 24.0 Å². The van der Waals surface area contributed by atoms with Crippen LogP contribution in [-0.2, 0) is 9.53 Å². The molecule has 2 aliphatic heterocycles. The largest absolute Gasteiger partial charge is 0.489 e. The lowest BCUT2D eigenvalue weighted by molar-refractivity contribution is -0.142. The monoisotopic (exact) mass is 516 g/mol. The topological polar surface area (TPSA) is 66.4 Å². The van der Waals surface area contributed by atoms with Crippen LogP contribution in [0.1, 0.15) is 25.3 Å². The second-order valence-corrected chi connectivity index (χ2v) is 7.44. The Morgan fingerprint density at radius 3 is 2.59 bits per heavy atom. The van der Waals surface area contributed by atoms with Gasteiger partial charge in [-0.25, -0.2) is 0 Å². The first-order valence-electron chi connectivity index (χ1n) is 10.2. The van der Waals surface area contributed by atoms with Gasteiger partial charge in [-0.3, -0.25) is 9.79 Å². The van der Waals surface area contributed by atoms with Gasteiger partial charge in [0.1, 0.15) is 18.0 Å². The summed E-state index contributed by atoms with van der Waals surface area (Å²) >= 11 is 0. The smallest absolute Gasteiger partial charge is 0.251 e. The third kappa shape index (κ3) is 6.47. The Balaban J connectivity index is 0.00000300. The van der Waals surface area contributed by atoms with E-state index in [4.69, 9.17) is 9.47 Å². The van der Waals surface area contributed by atoms with Crippen molar-refractivity contribution in [3.8, 4) is 5.75 Å². The van der Waals surface area contributed by atoms with E-state index < -0.39 is 0 Å². The van der Waals surface area contributed by atoms with Crippen LogP contribution in [0.3, 0.4) is 0 Å². The van der Waals surface area contributed by atoms with Gasteiger partial charge in [0.15, 0.2) is 5.96 Å². The van der Waals surface area contributed by atoms with Crippen molar-refractivity contribution in [2.75, 3.05) is 46.4 Å². The standard InChI is InChI=1S/C21H32N4O3.HI/c1-16-7-4-5-8-18(16)28-17(2)15-23-21(22-3)25-12-10-24(11-13-25)20(26)19-9-6-14-27-19;/h4-5,7-8,17,19H,6,9-15H2,1-3H3,(H,22,23);1H. The van der Waals surface area contributed by atoms with Gasteiger partial charge in [-0.1, -0.05) is 18.2 Å². The first-order valence-corrected chi connectivity index (χ1v) is 10.2. The number of hydrogen-bond acceptors (Lipinski definition) is 4. The fraction of sp³-hybridized carbons (Fsp3) is 0.619. The van der Waals surface area contributed by atoms with Gasteiger partial charge in [0.25, 0.3) is 5.91 Å². The van der Waals surface area contributed by atoms with Gasteiger partial charge in [0, 0.05) is 39.8 Å². The Morgan fingerprint density at radius 1 is 1.28 bits per heavy atom. The number of benzene rings is 1. The van der Waals surface area contributed by atoms with Gasteiger partial charge < -0.3 is 24.6 Å². The molecule has 2 fully saturated rings. The summed E-state index contributed by atoms with van der Waals surface area (Å²) in [4.78, 5) is 21.0. The molecule has 7 nitrogen and oxygen atoms in total. The summed E-state index contributed by atoms with van der Waals surface area (Å²) in [7, 11) is 1.79. The van der Waals surface area contributed by atoms with Crippen LogP contribution in [0, 0.1) is 6.92 Å². The SMILES string of the molecule is CN=C(NCC(C)Oc1ccccc1C)N1CCN(C(=O)C2CCCO2)CC1.I. The molecule has 3 rings (SSSR count). The molecule has 1 aromatic rings. The van der Waals surface area contributed by atoms with Crippen LogP contribution in [0.25, 0.3) is 0 Å². The number of carbonyl (C=O) groups is 1. The highest BCUT2D eigenvalue weighted by molar-refractivity contribution is 14.0. The third-order valence-electron chi connectivity index (χ3n) is 5.28. The number of aliphatic imine (C=N–C) groups is 1. The van der Waals surface area contributed by atoms with Gasteiger partial charge in [0.2, 0.25) is 0 Å². The molecule has 0 bridgehead atoms. The van der Waals surface area contributed by atoms with E-state index >= 15 is 0 Å². The number of carbonyl (C=O) groups excluding carboxylic acids is 1. The van der Waals surface area contributed by atoms with Crippen molar-refractivity contribution in [1.82, 2.24) is 15.1 Å². The molecule has 1 amide bonds. The normalized spacial score (nSPS) is 20.8. The number of piperazine rings is 1. The second kappa shape index (κ2) is 11.6. The molecule has 0 aliphatic carbocycles. The average Bonchev–Trinajstić information content (AvgIpc) is 3.25. The van der Waals surface area contributed by atoms with E-state index in [1.165, 1.54) is 0 Å². The number of hydrogen-bond donors (Lipinski definition) is 1. The minimum Gasteiger partial charge on any atom is -0.489 e. The Kier molecular flexibility index (Phi) is 9.48. The van der Waals surface area contributed by atoms with Crippen molar-refractivity contribution in [1.29, 1.82) is 0 Å². The van der Waals surface area contributed by atoms with Crippen LogP contribution < -0.4 is 10.1 Å². The Morgan fingerprint density at radius 2 is 1.97 bits per heavy atom. The van der Waals surface area contributed by atoms with Crippen LogP contribution in [0.2, 0.25) is 0 Å². The number of nitrogens with zero attached hydrogens (tertiary/aromatic N) is 3. The molecule has 2 atom stereocenters. The van der Waals surface area contributed by atoms with E-state index in [-0.39, 0.29) is 42.1 Å². The highest BCUT2D eigenvalue weighted by Gasteiger charge is 2.30. The number of amides is 1. The number of halogens is 1. The quantitative estimate of drug-likeness (QED) is 0.370. The zero-order chi connectivity index (χ0) is 19.9. The van der Waals surface area contributed by atoms with Crippen molar-refractivity contribution in [3.05, 3.63) is 29.8 Å². The fourth-order valence-corrected chi connectivity index (χ4v) is 3.63. The number of para-hydroxylation sites is 1. The lowest BCUT2D eigenvalue weighted by atomic mass is 10.2. The highest BCUT2D eigenvalue weighted by Crippen LogP contribution is 2.18. The van der Waals surface area contributed by atoms with Gasteiger partial charge in [0.05, 0.1) is 6.54 Å². The molecule has 0 spiro atoms. The molecule has 2 aliphatic rings. The minimum atomic E-state index is -0.233.